The summed E-state index contributed by atoms with van der Waals surface area (Å²) < 4.78 is 0. The number of nitrogens with one attached hydrogen (secondary N) is 1. The highest BCUT2D eigenvalue weighted by Gasteiger charge is 2.30. The van der Waals surface area contributed by atoms with Crippen molar-refractivity contribution < 1.29 is 0 Å². The van der Waals surface area contributed by atoms with Crippen LogP contribution < -0.4 is 5.32 Å². The van der Waals surface area contributed by atoms with Crippen molar-refractivity contribution in [3.8, 4) is 0 Å². The van der Waals surface area contributed by atoms with Crippen LogP contribution >= 0.6 is 35.3 Å². The van der Waals surface area contributed by atoms with E-state index in [0.29, 0.717) is 5.41 Å². The van der Waals surface area contributed by atoms with Crippen molar-refractivity contribution in [1.82, 2.24) is 10.2 Å². The van der Waals surface area contributed by atoms with E-state index in [1.165, 1.54) is 12.0 Å². The third-order valence-corrected chi connectivity index (χ3v) is 3.95. The highest BCUT2D eigenvalue weighted by molar-refractivity contribution is 14.0. The van der Waals surface area contributed by atoms with Crippen molar-refractivity contribution in [2.24, 2.45) is 10.4 Å². The maximum Gasteiger partial charge on any atom is 0.193 e. The van der Waals surface area contributed by atoms with Gasteiger partial charge in [0.15, 0.2) is 5.96 Å². The van der Waals surface area contributed by atoms with Gasteiger partial charge in [-0.15, -0.1) is 24.0 Å². The predicted molar refractivity (Wildman–Crippen MR) is 89.9 cm³/mol. The lowest BCUT2D eigenvalue weighted by Crippen LogP contribution is -2.40. The molecule has 18 heavy (non-hydrogen) atoms. The molecule has 0 radical (unpaired) electrons. The fourth-order valence-corrected chi connectivity index (χ4v) is 2.87. The summed E-state index contributed by atoms with van der Waals surface area (Å²) in [5.41, 5.74) is 1.75. The maximum atomic E-state index is 4.37. The van der Waals surface area contributed by atoms with Crippen LogP contribution in [0.2, 0.25) is 0 Å². The molecule has 0 aliphatic carbocycles. The van der Waals surface area contributed by atoms with Gasteiger partial charge in [0.25, 0.3) is 0 Å². The number of aliphatic imine (C=N–C) groups is 1. The van der Waals surface area contributed by atoms with E-state index in [2.05, 4.69) is 45.9 Å². The van der Waals surface area contributed by atoms with Gasteiger partial charge < -0.3 is 10.2 Å². The molecule has 2 heterocycles. The molecule has 0 unspecified atom stereocenters. The first-order valence-electron chi connectivity index (χ1n) is 6.07. The molecule has 0 atom stereocenters. The van der Waals surface area contributed by atoms with Crippen LogP contribution in [0.4, 0.5) is 0 Å². The molecule has 2 rings (SSSR count). The van der Waals surface area contributed by atoms with Gasteiger partial charge in [0.05, 0.1) is 0 Å². The number of nitrogens with zero attached hydrogens (tertiary/aromatic N) is 2. The average Bonchev–Trinajstić information content (AvgIpc) is 2.89. The predicted octanol–water partition coefficient (Wildman–Crippen LogP) is 3.17. The van der Waals surface area contributed by atoms with Crippen LogP contribution in [0.3, 0.4) is 0 Å². The first-order valence-corrected chi connectivity index (χ1v) is 7.02. The van der Waals surface area contributed by atoms with Crippen LogP contribution in [0.1, 0.15) is 25.8 Å². The van der Waals surface area contributed by atoms with E-state index in [1.807, 2.05) is 7.05 Å². The van der Waals surface area contributed by atoms with Gasteiger partial charge in [0.2, 0.25) is 0 Å². The Hall–Kier alpha value is -0.300. The Bertz CT molecular complexity index is 387. The van der Waals surface area contributed by atoms with Gasteiger partial charge >= 0.3 is 0 Å². The van der Waals surface area contributed by atoms with E-state index in [0.717, 1.165) is 25.6 Å². The third-order valence-electron chi connectivity index (χ3n) is 3.22. The Kier molecular flexibility index (Phi) is 5.91. The second kappa shape index (κ2) is 6.75. The molecule has 0 aromatic carbocycles. The molecule has 1 N–H and O–H groups in total. The summed E-state index contributed by atoms with van der Waals surface area (Å²) in [6.45, 7) is 7.71. The molecule has 1 aliphatic heterocycles. The summed E-state index contributed by atoms with van der Waals surface area (Å²) in [5, 5.41) is 7.72. The SMILES string of the molecule is CN=C(NCc1ccsc1)N1CCC(C)(C)C1.I. The number of thiophene rings is 1. The zero-order chi connectivity index (χ0) is 12.3. The Morgan fingerprint density at radius 3 is 2.83 bits per heavy atom. The molecule has 1 saturated heterocycles. The van der Waals surface area contributed by atoms with Crippen LogP contribution in [0.5, 0.6) is 0 Å². The number of hydrogen-bond acceptors (Lipinski definition) is 2. The maximum absolute atomic E-state index is 4.37. The van der Waals surface area contributed by atoms with Gasteiger partial charge in [0, 0.05) is 26.7 Å². The molecule has 0 bridgehead atoms. The molecule has 1 fully saturated rings. The Morgan fingerprint density at radius 2 is 2.33 bits per heavy atom. The van der Waals surface area contributed by atoms with Crippen LogP contribution in [-0.2, 0) is 6.54 Å². The largest absolute Gasteiger partial charge is 0.352 e. The number of rotatable bonds is 2. The number of likely N-dealkylation sites (tertiary alicyclic amines) is 1. The Labute approximate surface area is 131 Å². The minimum atomic E-state index is 0. The Morgan fingerprint density at radius 1 is 1.56 bits per heavy atom. The van der Waals surface area contributed by atoms with Crippen LogP contribution in [0.15, 0.2) is 21.8 Å². The normalized spacial score (nSPS) is 18.6. The molecule has 1 aromatic rings. The first kappa shape index (κ1) is 15.8. The zero-order valence-corrected chi connectivity index (χ0v) is 14.4. The monoisotopic (exact) mass is 379 g/mol. The second-order valence-corrected chi connectivity index (χ2v) is 6.15. The van der Waals surface area contributed by atoms with E-state index in [1.54, 1.807) is 11.3 Å². The van der Waals surface area contributed by atoms with Crippen LogP contribution in [0.25, 0.3) is 0 Å². The molecule has 0 amide bonds. The van der Waals surface area contributed by atoms with Crippen molar-refractivity contribution in [2.45, 2.75) is 26.8 Å². The summed E-state index contributed by atoms with van der Waals surface area (Å²) in [7, 11) is 1.86. The van der Waals surface area contributed by atoms with Crippen LogP contribution in [-0.4, -0.2) is 31.0 Å². The van der Waals surface area contributed by atoms with Gasteiger partial charge in [-0.2, -0.15) is 11.3 Å². The van der Waals surface area contributed by atoms with E-state index >= 15 is 0 Å². The second-order valence-electron chi connectivity index (χ2n) is 5.37. The van der Waals surface area contributed by atoms with Gasteiger partial charge in [-0.3, -0.25) is 4.99 Å². The van der Waals surface area contributed by atoms with Crippen LogP contribution in [0, 0.1) is 5.41 Å². The lowest BCUT2D eigenvalue weighted by Gasteiger charge is -2.23. The standard InChI is InChI=1S/C13H21N3S.HI/c1-13(2)5-6-16(10-13)12(14-3)15-8-11-4-7-17-9-11;/h4,7,9H,5-6,8,10H2,1-3H3,(H,14,15);1H. The number of hydrogen-bond donors (Lipinski definition) is 1. The minimum absolute atomic E-state index is 0. The third kappa shape index (κ3) is 4.12. The minimum Gasteiger partial charge on any atom is -0.352 e. The topological polar surface area (TPSA) is 27.6 Å². The highest BCUT2D eigenvalue weighted by atomic mass is 127. The van der Waals surface area contributed by atoms with E-state index in [4.69, 9.17) is 0 Å². The fourth-order valence-electron chi connectivity index (χ4n) is 2.20. The summed E-state index contributed by atoms with van der Waals surface area (Å²) >= 11 is 1.74. The molecular formula is C13H22IN3S. The molecule has 1 aliphatic rings. The molecular weight excluding hydrogens is 357 g/mol. The molecule has 5 heteroatoms. The van der Waals surface area contributed by atoms with Gasteiger partial charge in [-0.05, 0) is 34.2 Å². The average molecular weight is 379 g/mol. The highest BCUT2D eigenvalue weighted by Crippen LogP contribution is 2.28. The summed E-state index contributed by atoms with van der Waals surface area (Å²) in [6.07, 6.45) is 1.24. The molecule has 1 aromatic heterocycles. The number of halogens is 1. The van der Waals surface area contributed by atoms with E-state index in [9.17, 15) is 0 Å². The first-order chi connectivity index (χ1) is 8.11. The lowest BCUT2D eigenvalue weighted by atomic mass is 9.93. The lowest BCUT2D eigenvalue weighted by molar-refractivity contribution is 0.370. The summed E-state index contributed by atoms with van der Waals surface area (Å²) in [5.74, 6) is 1.03. The van der Waals surface area contributed by atoms with Crippen molar-refractivity contribution >= 4 is 41.3 Å². The van der Waals surface area contributed by atoms with Crippen molar-refractivity contribution in [2.75, 3.05) is 20.1 Å². The van der Waals surface area contributed by atoms with E-state index in [-0.39, 0.29) is 24.0 Å². The van der Waals surface area contributed by atoms with Gasteiger partial charge in [-0.25, -0.2) is 0 Å². The smallest absolute Gasteiger partial charge is 0.193 e. The zero-order valence-electron chi connectivity index (χ0n) is 11.3. The molecule has 0 saturated carbocycles. The Balaban J connectivity index is 0.00000162. The van der Waals surface area contributed by atoms with E-state index < -0.39 is 0 Å². The molecule has 102 valence electrons. The van der Waals surface area contributed by atoms with Gasteiger partial charge in [-0.1, -0.05) is 13.8 Å². The van der Waals surface area contributed by atoms with Gasteiger partial charge in [0.1, 0.15) is 0 Å². The number of guanidine groups is 1. The fraction of sp³-hybridized carbons (Fsp3) is 0.615. The quantitative estimate of drug-likeness (QED) is 0.486. The summed E-state index contributed by atoms with van der Waals surface area (Å²) in [6, 6.07) is 2.15. The van der Waals surface area contributed by atoms with Crippen molar-refractivity contribution in [1.29, 1.82) is 0 Å². The van der Waals surface area contributed by atoms with Crippen molar-refractivity contribution in [3.63, 3.8) is 0 Å². The summed E-state index contributed by atoms with van der Waals surface area (Å²) in [4.78, 5) is 6.72. The van der Waals surface area contributed by atoms with Crippen molar-refractivity contribution in [3.05, 3.63) is 22.4 Å². The molecule has 3 nitrogen and oxygen atoms in total. The molecule has 0 spiro atoms.